The zero-order valence-corrected chi connectivity index (χ0v) is 10.0. The number of nitrogens with zero attached hydrogens (tertiary/aromatic N) is 1. The molecule has 0 N–H and O–H groups in total. The molecule has 0 radical (unpaired) electrons. The third kappa shape index (κ3) is 5.20. The molecule has 17 heavy (non-hydrogen) atoms. The Labute approximate surface area is 103 Å². The third-order valence-electron chi connectivity index (χ3n) is 2.58. The Kier molecular flexibility index (Phi) is 6.56. The molecule has 0 atom stereocenters. The van der Waals surface area contributed by atoms with Crippen LogP contribution in [0.25, 0.3) is 0 Å². The Bertz CT molecular complexity index is 310. The maximum atomic E-state index is 5.18. The van der Waals surface area contributed by atoms with Crippen molar-refractivity contribution in [3.63, 3.8) is 0 Å². The van der Waals surface area contributed by atoms with Gasteiger partial charge in [-0.1, -0.05) is 13.2 Å². The summed E-state index contributed by atoms with van der Waals surface area (Å²) in [6, 6.07) is 4.07. The van der Waals surface area contributed by atoms with Crippen molar-refractivity contribution in [2.24, 2.45) is 0 Å². The van der Waals surface area contributed by atoms with Gasteiger partial charge in [-0.05, 0) is 36.5 Å². The summed E-state index contributed by atoms with van der Waals surface area (Å²) in [7, 11) is 0. The Morgan fingerprint density at radius 2 is 1.59 bits per heavy atom. The van der Waals surface area contributed by atoms with Gasteiger partial charge in [-0.15, -0.1) is 0 Å². The molecule has 3 nitrogen and oxygen atoms in total. The molecule has 0 aliphatic carbocycles. The van der Waals surface area contributed by atoms with Crippen LogP contribution in [0, 0.1) is 0 Å². The summed E-state index contributed by atoms with van der Waals surface area (Å²) < 4.78 is 10.4. The normalized spacial score (nSPS) is 9.94. The summed E-state index contributed by atoms with van der Waals surface area (Å²) in [4.78, 5) is 4.03. The van der Waals surface area contributed by atoms with E-state index in [-0.39, 0.29) is 0 Å². The van der Waals surface area contributed by atoms with E-state index < -0.39 is 0 Å². The highest BCUT2D eigenvalue weighted by Gasteiger charge is 2.11. The summed E-state index contributed by atoms with van der Waals surface area (Å²) in [5, 5.41) is 0. The van der Waals surface area contributed by atoms with E-state index in [1.54, 1.807) is 0 Å². The van der Waals surface area contributed by atoms with Crippen molar-refractivity contribution in [3.05, 3.63) is 55.8 Å². The quantitative estimate of drug-likeness (QED) is 0.484. The van der Waals surface area contributed by atoms with E-state index in [9.17, 15) is 0 Å². The van der Waals surface area contributed by atoms with E-state index >= 15 is 0 Å². The van der Waals surface area contributed by atoms with Gasteiger partial charge >= 0.3 is 0 Å². The smallest absolute Gasteiger partial charge is 0.0878 e. The van der Waals surface area contributed by atoms with E-state index in [2.05, 4.69) is 18.1 Å². The van der Waals surface area contributed by atoms with Gasteiger partial charge in [0.15, 0.2) is 0 Å². The summed E-state index contributed by atoms with van der Waals surface area (Å²) in [5.41, 5.74) is 1.26. The van der Waals surface area contributed by atoms with Crippen LogP contribution < -0.4 is 0 Å². The van der Waals surface area contributed by atoms with Gasteiger partial charge in [0.05, 0.1) is 25.7 Å². The molecule has 1 heterocycles. The number of rotatable bonds is 9. The van der Waals surface area contributed by atoms with E-state index in [1.165, 1.54) is 18.1 Å². The van der Waals surface area contributed by atoms with Crippen LogP contribution in [-0.4, -0.2) is 18.2 Å². The first-order valence-electron chi connectivity index (χ1n) is 5.73. The summed E-state index contributed by atoms with van der Waals surface area (Å²) in [5.74, 6) is 0.415. The van der Waals surface area contributed by atoms with E-state index in [0.717, 1.165) is 12.8 Å². The van der Waals surface area contributed by atoms with E-state index in [1.807, 2.05) is 24.5 Å². The van der Waals surface area contributed by atoms with Gasteiger partial charge in [0.2, 0.25) is 0 Å². The summed E-state index contributed by atoms with van der Waals surface area (Å²) in [6.07, 6.45) is 8.46. The van der Waals surface area contributed by atoms with Crippen molar-refractivity contribution in [1.29, 1.82) is 0 Å². The lowest BCUT2D eigenvalue weighted by atomic mass is 9.94. The van der Waals surface area contributed by atoms with Crippen LogP contribution in [-0.2, 0) is 9.47 Å². The molecule has 0 spiro atoms. The maximum absolute atomic E-state index is 5.18. The van der Waals surface area contributed by atoms with Crippen LogP contribution in [0.1, 0.15) is 24.3 Å². The van der Waals surface area contributed by atoms with Crippen LogP contribution in [0.5, 0.6) is 0 Å². The van der Waals surface area contributed by atoms with Gasteiger partial charge in [0.25, 0.3) is 0 Å². The molecule has 92 valence electrons. The van der Waals surface area contributed by atoms with Gasteiger partial charge in [-0.2, -0.15) is 0 Å². The largest absolute Gasteiger partial charge is 0.502 e. The lowest BCUT2D eigenvalue weighted by Crippen LogP contribution is -2.06. The minimum Gasteiger partial charge on any atom is -0.502 e. The van der Waals surface area contributed by atoms with Gasteiger partial charge in [-0.3, -0.25) is 4.98 Å². The number of aromatic nitrogens is 1. The lowest BCUT2D eigenvalue weighted by Gasteiger charge is -2.16. The molecule has 0 aromatic carbocycles. The van der Waals surface area contributed by atoms with Crippen molar-refractivity contribution < 1.29 is 9.47 Å². The van der Waals surface area contributed by atoms with E-state index in [4.69, 9.17) is 9.47 Å². The molecule has 3 heteroatoms. The SMILES string of the molecule is C=COCCC(CCOC=C)c1ccncc1. The zero-order valence-electron chi connectivity index (χ0n) is 10.0. The number of ether oxygens (including phenoxy) is 2. The molecular formula is C14H19NO2. The van der Waals surface area contributed by atoms with Crippen molar-refractivity contribution in [2.45, 2.75) is 18.8 Å². The molecule has 0 saturated heterocycles. The van der Waals surface area contributed by atoms with Crippen LogP contribution >= 0.6 is 0 Å². The van der Waals surface area contributed by atoms with Crippen LogP contribution in [0.2, 0.25) is 0 Å². The summed E-state index contributed by atoms with van der Waals surface area (Å²) >= 11 is 0. The second kappa shape index (κ2) is 8.39. The maximum Gasteiger partial charge on any atom is 0.0878 e. The van der Waals surface area contributed by atoms with E-state index in [0.29, 0.717) is 19.1 Å². The minimum atomic E-state index is 0.415. The van der Waals surface area contributed by atoms with Crippen molar-refractivity contribution in [3.8, 4) is 0 Å². The first kappa shape index (κ1) is 13.3. The molecule has 0 aliphatic rings. The number of pyridine rings is 1. The number of hydrogen-bond acceptors (Lipinski definition) is 3. The molecule has 0 saturated carbocycles. The average molecular weight is 233 g/mol. The standard InChI is InChI=1S/C14H19NO2/c1-3-16-11-7-14(8-12-17-4-2)13-5-9-15-10-6-13/h3-6,9-10,14H,1-2,7-8,11-12H2. The molecule has 0 unspecified atom stereocenters. The fourth-order valence-corrected chi connectivity index (χ4v) is 1.70. The van der Waals surface area contributed by atoms with Crippen molar-refractivity contribution >= 4 is 0 Å². The molecule has 1 aromatic heterocycles. The first-order chi connectivity index (χ1) is 8.38. The molecule has 1 rings (SSSR count). The van der Waals surface area contributed by atoms with Gasteiger partial charge in [-0.25, -0.2) is 0 Å². The van der Waals surface area contributed by atoms with Gasteiger partial charge < -0.3 is 9.47 Å². The topological polar surface area (TPSA) is 31.4 Å². The Morgan fingerprint density at radius 3 is 2.06 bits per heavy atom. The molecule has 0 bridgehead atoms. The monoisotopic (exact) mass is 233 g/mol. The highest BCUT2D eigenvalue weighted by molar-refractivity contribution is 5.15. The van der Waals surface area contributed by atoms with Crippen LogP contribution in [0.4, 0.5) is 0 Å². The fourth-order valence-electron chi connectivity index (χ4n) is 1.70. The molecule has 1 aromatic rings. The zero-order chi connectivity index (χ0) is 12.3. The number of hydrogen-bond donors (Lipinski definition) is 0. The molecular weight excluding hydrogens is 214 g/mol. The van der Waals surface area contributed by atoms with Gasteiger partial charge in [0, 0.05) is 12.4 Å². The van der Waals surface area contributed by atoms with Gasteiger partial charge in [0.1, 0.15) is 0 Å². The summed E-state index contributed by atoms with van der Waals surface area (Å²) in [6.45, 7) is 8.41. The second-order valence-electron chi connectivity index (χ2n) is 3.63. The van der Waals surface area contributed by atoms with Crippen LogP contribution in [0.3, 0.4) is 0 Å². The average Bonchev–Trinajstić information content (AvgIpc) is 2.38. The predicted molar refractivity (Wildman–Crippen MR) is 68.5 cm³/mol. The first-order valence-corrected chi connectivity index (χ1v) is 5.73. The highest BCUT2D eigenvalue weighted by atomic mass is 16.5. The van der Waals surface area contributed by atoms with Crippen molar-refractivity contribution in [1.82, 2.24) is 4.98 Å². The Morgan fingerprint density at radius 1 is 1.06 bits per heavy atom. The fraction of sp³-hybridized carbons (Fsp3) is 0.357. The molecule has 0 amide bonds. The highest BCUT2D eigenvalue weighted by Crippen LogP contribution is 2.23. The second-order valence-corrected chi connectivity index (χ2v) is 3.63. The van der Waals surface area contributed by atoms with Crippen LogP contribution in [0.15, 0.2) is 50.2 Å². The Hall–Kier alpha value is -1.77. The Balaban J connectivity index is 2.51. The predicted octanol–water partition coefficient (Wildman–Crippen LogP) is 3.27. The molecule has 0 aliphatic heterocycles. The van der Waals surface area contributed by atoms with Crippen molar-refractivity contribution in [2.75, 3.05) is 13.2 Å². The lowest BCUT2D eigenvalue weighted by molar-refractivity contribution is 0.208. The molecule has 0 fully saturated rings. The minimum absolute atomic E-state index is 0.415. The third-order valence-corrected chi connectivity index (χ3v) is 2.58.